The first-order valence-electron chi connectivity index (χ1n) is 7.53. The molecule has 1 saturated carbocycles. The Morgan fingerprint density at radius 2 is 1.96 bits per heavy atom. The van der Waals surface area contributed by atoms with Crippen LogP contribution in [-0.2, 0) is 28.6 Å². The lowest BCUT2D eigenvalue weighted by Crippen LogP contribution is -2.70. The van der Waals surface area contributed by atoms with Crippen molar-refractivity contribution < 1.29 is 33.4 Å². The van der Waals surface area contributed by atoms with Crippen LogP contribution in [0.5, 0.6) is 0 Å². The third-order valence-electron chi connectivity index (χ3n) is 4.59. The van der Waals surface area contributed by atoms with Crippen LogP contribution >= 0.6 is 0 Å². The molecule has 0 spiro atoms. The van der Waals surface area contributed by atoms with Crippen LogP contribution in [0.25, 0.3) is 0 Å². The number of nitrogens with zero attached hydrogens (tertiary/aromatic N) is 1. The Hall–Kier alpha value is -1.96. The minimum Gasteiger partial charge on any atom is -0.465 e. The number of fused-ring (bicyclic) bond motifs is 1. The smallest absolute Gasteiger partial charge is 0.409 e. The summed E-state index contributed by atoms with van der Waals surface area (Å²) < 4.78 is 15.2. The zero-order chi connectivity index (χ0) is 17.2. The van der Waals surface area contributed by atoms with Crippen molar-refractivity contribution >= 4 is 23.6 Å². The second-order valence-electron chi connectivity index (χ2n) is 5.61. The summed E-state index contributed by atoms with van der Waals surface area (Å²) in [7, 11) is 2.55. The van der Waals surface area contributed by atoms with Gasteiger partial charge in [0.25, 0.3) is 0 Å². The average Bonchev–Trinajstić information content (AvgIpc) is 2.53. The Morgan fingerprint density at radius 3 is 2.52 bits per heavy atom. The molecule has 1 aliphatic carbocycles. The van der Waals surface area contributed by atoms with E-state index in [-0.39, 0.29) is 44.0 Å². The lowest BCUT2D eigenvalue weighted by atomic mass is 9.62. The highest BCUT2D eigenvalue weighted by atomic mass is 16.5. The zero-order valence-electron chi connectivity index (χ0n) is 13.5. The molecule has 23 heavy (non-hydrogen) atoms. The van der Waals surface area contributed by atoms with E-state index < -0.39 is 29.6 Å². The molecule has 1 aliphatic heterocycles. The molecule has 8 nitrogen and oxygen atoms in total. The van der Waals surface area contributed by atoms with Gasteiger partial charge in [-0.05, 0) is 6.92 Å². The first-order chi connectivity index (χ1) is 10.9. The van der Waals surface area contributed by atoms with Crippen molar-refractivity contribution in [3.05, 3.63) is 0 Å². The number of rotatable bonds is 3. The summed E-state index contributed by atoms with van der Waals surface area (Å²) in [4.78, 5) is 50.8. The number of Topliss-reactive ketones (excluding diaryl/α,β-unsaturated/α-hetero) is 2. The summed E-state index contributed by atoms with van der Waals surface area (Å²) in [6.07, 6.45) is -1.81. The van der Waals surface area contributed by atoms with Crippen LogP contribution in [0.4, 0.5) is 4.79 Å². The quantitative estimate of drug-likeness (QED) is 0.544. The second kappa shape index (κ2) is 6.66. The van der Waals surface area contributed by atoms with Gasteiger partial charge in [0.05, 0.1) is 25.9 Å². The number of hydrogen-bond donors (Lipinski definition) is 0. The Balaban J connectivity index is 2.56. The van der Waals surface area contributed by atoms with Crippen LogP contribution in [0.1, 0.15) is 26.2 Å². The SMILES string of the molecule is CCOC(=O)C12C(=O)CCN(C(=O)OC)C1CC(=O)CC2OC. The fourth-order valence-electron chi connectivity index (χ4n) is 3.59. The maximum absolute atomic E-state index is 12.7. The van der Waals surface area contributed by atoms with Gasteiger partial charge >= 0.3 is 12.1 Å². The molecular weight excluding hydrogens is 306 g/mol. The Bertz CT molecular complexity index is 532. The van der Waals surface area contributed by atoms with Crippen molar-refractivity contribution in [2.45, 2.75) is 38.3 Å². The number of carbonyl (C=O) groups excluding carboxylic acids is 4. The van der Waals surface area contributed by atoms with Crippen LogP contribution in [0.15, 0.2) is 0 Å². The first kappa shape index (κ1) is 17.4. The molecule has 1 saturated heterocycles. The van der Waals surface area contributed by atoms with Crippen molar-refractivity contribution in [2.24, 2.45) is 5.41 Å². The van der Waals surface area contributed by atoms with Gasteiger partial charge in [0, 0.05) is 32.9 Å². The van der Waals surface area contributed by atoms with Crippen LogP contribution in [0, 0.1) is 5.41 Å². The molecule has 128 valence electrons. The predicted octanol–water partition coefficient (Wildman–Crippen LogP) is 0.324. The first-order valence-corrected chi connectivity index (χ1v) is 7.53. The van der Waals surface area contributed by atoms with Crippen molar-refractivity contribution in [2.75, 3.05) is 27.4 Å². The summed E-state index contributed by atoms with van der Waals surface area (Å²) in [6.45, 7) is 1.81. The van der Waals surface area contributed by atoms with Crippen molar-refractivity contribution in [1.82, 2.24) is 4.90 Å². The van der Waals surface area contributed by atoms with E-state index in [0.29, 0.717) is 0 Å². The molecule has 3 unspecified atom stereocenters. The van der Waals surface area contributed by atoms with Crippen LogP contribution in [0.3, 0.4) is 0 Å². The van der Waals surface area contributed by atoms with Gasteiger partial charge in [-0.1, -0.05) is 0 Å². The summed E-state index contributed by atoms with van der Waals surface area (Å²) in [5.74, 6) is -1.28. The van der Waals surface area contributed by atoms with E-state index in [9.17, 15) is 19.2 Å². The highest BCUT2D eigenvalue weighted by Crippen LogP contribution is 2.45. The molecule has 2 aliphatic rings. The summed E-state index contributed by atoms with van der Waals surface area (Å²) >= 11 is 0. The number of ether oxygens (including phenoxy) is 3. The Kier molecular flexibility index (Phi) is 5.03. The van der Waals surface area contributed by atoms with Crippen molar-refractivity contribution in [3.8, 4) is 0 Å². The number of piperidine rings is 1. The molecule has 1 amide bonds. The van der Waals surface area contributed by atoms with Gasteiger partial charge in [0.2, 0.25) is 0 Å². The summed E-state index contributed by atoms with van der Waals surface area (Å²) in [6, 6.07) is -0.943. The molecule has 2 fully saturated rings. The van der Waals surface area contributed by atoms with Crippen LogP contribution in [0.2, 0.25) is 0 Å². The van der Waals surface area contributed by atoms with Crippen molar-refractivity contribution in [1.29, 1.82) is 0 Å². The van der Waals surface area contributed by atoms with Gasteiger partial charge in [-0.25, -0.2) is 4.79 Å². The molecule has 0 aromatic rings. The van der Waals surface area contributed by atoms with E-state index in [1.54, 1.807) is 6.92 Å². The van der Waals surface area contributed by atoms with E-state index in [4.69, 9.17) is 14.2 Å². The minimum atomic E-state index is -1.68. The highest BCUT2D eigenvalue weighted by molar-refractivity contribution is 6.08. The van der Waals surface area contributed by atoms with E-state index >= 15 is 0 Å². The number of ketones is 2. The molecule has 8 heteroatoms. The fourth-order valence-corrected chi connectivity index (χ4v) is 3.59. The standard InChI is InChI=1S/C15H21NO7/c1-4-23-13(19)15-10(7-9(17)8-12(15)21-2)16(14(20)22-3)6-5-11(15)18/h10,12H,4-8H2,1-3H3. The normalized spacial score (nSPS) is 30.7. The van der Waals surface area contributed by atoms with E-state index in [1.165, 1.54) is 19.1 Å². The highest BCUT2D eigenvalue weighted by Gasteiger charge is 2.65. The summed E-state index contributed by atoms with van der Waals surface area (Å²) in [5, 5.41) is 0. The monoisotopic (exact) mass is 327 g/mol. The van der Waals surface area contributed by atoms with Gasteiger partial charge in [0.1, 0.15) is 5.78 Å². The molecule has 1 heterocycles. The molecule has 0 aromatic carbocycles. The molecule has 3 atom stereocenters. The largest absolute Gasteiger partial charge is 0.465 e. The topological polar surface area (TPSA) is 99.2 Å². The Morgan fingerprint density at radius 1 is 1.26 bits per heavy atom. The molecule has 2 rings (SSSR count). The number of amides is 1. The summed E-state index contributed by atoms with van der Waals surface area (Å²) in [5.41, 5.74) is -1.68. The maximum Gasteiger partial charge on any atom is 0.409 e. The van der Waals surface area contributed by atoms with Gasteiger partial charge in [-0.2, -0.15) is 0 Å². The average molecular weight is 327 g/mol. The van der Waals surface area contributed by atoms with Crippen LogP contribution < -0.4 is 0 Å². The minimum absolute atomic E-state index is 0.0154. The van der Waals surface area contributed by atoms with E-state index in [2.05, 4.69) is 0 Å². The van der Waals surface area contributed by atoms with E-state index in [0.717, 1.165) is 0 Å². The number of likely N-dealkylation sites (tertiary alicyclic amines) is 1. The molecule has 0 aromatic heterocycles. The lowest BCUT2D eigenvalue weighted by Gasteiger charge is -2.51. The zero-order valence-corrected chi connectivity index (χ0v) is 13.5. The Labute approximate surface area is 134 Å². The van der Waals surface area contributed by atoms with Gasteiger partial charge < -0.3 is 19.1 Å². The number of hydrogen-bond acceptors (Lipinski definition) is 7. The fraction of sp³-hybridized carbons (Fsp3) is 0.733. The molecular formula is C15H21NO7. The van der Waals surface area contributed by atoms with Gasteiger partial charge in [-0.3, -0.25) is 14.4 Å². The molecule has 0 radical (unpaired) electrons. The lowest BCUT2D eigenvalue weighted by molar-refractivity contribution is -0.186. The molecule has 0 bridgehead atoms. The van der Waals surface area contributed by atoms with Crippen LogP contribution in [-0.4, -0.2) is 68.0 Å². The third kappa shape index (κ3) is 2.60. The van der Waals surface area contributed by atoms with E-state index in [1.807, 2.05) is 0 Å². The van der Waals surface area contributed by atoms with Crippen molar-refractivity contribution in [3.63, 3.8) is 0 Å². The van der Waals surface area contributed by atoms with Gasteiger partial charge in [0.15, 0.2) is 11.2 Å². The third-order valence-corrected chi connectivity index (χ3v) is 4.59. The second-order valence-corrected chi connectivity index (χ2v) is 5.61. The van der Waals surface area contributed by atoms with Gasteiger partial charge in [-0.15, -0.1) is 0 Å². The number of methoxy groups -OCH3 is 2. The number of esters is 1. The maximum atomic E-state index is 12.7. The number of carbonyl (C=O) groups is 4. The molecule has 0 N–H and O–H groups in total. The predicted molar refractivity (Wildman–Crippen MR) is 76.6 cm³/mol.